The summed E-state index contributed by atoms with van der Waals surface area (Å²) in [5, 5.41) is 28.0. The largest absolute Gasteiger partial charge is 0.411 e. The van der Waals surface area contributed by atoms with Crippen LogP contribution in [0.5, 0.6) is 0 Å². The van der Waals surface area contributed by atoms with Crippen LogP contribution >= 0.6 is 12.2 Å². The summed E-state index contributed by atoms with van der Waals surface area (Å²) in [5.41, 5.74) is 8.43. The molecular weight excluding hydrogens is 242 g/mol. The molecule has 0 amide bonds. The molecule has 0 radical (unpaired) electrons. The highest BCUT2D eigenvalue weighted by atomic mass is 32.1. The van der Waals surface area contributed by atoms with Gasteiger partial charge in [0.05, 0.1) is 5.71 Å². The lowest BCUT2D eigenvalue weighted by Gasteiger charge is -2.30. The van der Waals surface area contributed by atoms with Gasteiger partial charge in [0.15, 0.2) is 10.8 Å². The standard InChI is InChI=1S/C9H15N5O2S/c1-9(2)3-5(11-12-8(10)17)7(14-16)6(4-9)13-15/h15-16H,3-4H2,1-2H3,(H3,10,12,17)/b11-5-,13-6-,14-7+. The summed E-state index contributed by atoms with van der Waals surface area (Å²) in [4.78, 5) is 0. The third-order valence-electron chi connectivity index (χ3n) is 2.36. The Bertz CT molecular complexity index is 414. The first-order chi connectivity index (χ1) is 7.89. The van der Waals surface area contributed by atoms with E-state index >= 15 is 0 Å². The van der Waals surface area contributed by atoms with Gasteiger partial charge in [-0.05, 0) is 24.1 Å². The lowest BCUT2D eigenvalue weighted by molar-refractivity contribution is 0.306. The quantitative estimate of drug-likeness (QED) is 0.313. The van der Waals surface area contributed by atoms with Gasteiger partial charge in [-0.15, -0.1) is 0 Å². The molecule has 1 aliphatic carbocycles. The Labute approximate surface area is 104 Å². The van der Waals surface area contributed by atoms with Crippen LogP contribution in [0.15, 0.2) is 15.4 Å². The van der Waals surface area contributed by atoms with Crippen molar-refractivity contribution in [2.75, 3.05) is 0 Å². The van der Waals surface area contributed by atoms with Crippen molar-refractivity contribution in [2.24, 2.45) is 26.6 Å². The first-order valence-electron chi connectivity index (χ1n) is 4.95. The highest BCUT2D eigenvalue weighted by Gasteiger charge is 2.35. The maximum Gasteiger partial charge on any atom is 0.184 e. The maximum absolute atomic E-state index is 8.92. The van der Waals surface area contributed by atoms with Crippen molar-refractivity contribution in [2.45, 2.75) is 26.7 Å². The number of hydrogen-bond acceptors (Lipinski definition) is 6. The number of nitrogens with zero attached hydrogens (tertiary/aromatic N) is 3. The van der Waals surface area contributed by atoms with E-state index in [1.54, 1.807) is 0 Å². The number of nitrogens with two attached hydrogens (primary N) is 1. The molecule has 1 aliphatic rings. The fraction of sp³-hybridized carbons (Fsp3) is 0.556. The number of hydrogen-bond donors (Lipinski definition) is 4. The van der Waals surface area contributed by atoms with E-state index in [2.05, 4.69) is 33.1 Å². The van der Waals surface area contributed by atoms with Gasteiger partial charge in [0.1, 0.15) is 5.71 Å². The topological polar surface area (TPSA) is 116 Å². The van der Waals surface area contributed by atoms with E-state index < -0.39 is 0 Å². The summed E-state index contributed by atoms with van der Waals surface area (Å²) in [7, 11) is 0. The number of oxime groups is 2. The Morgan fingerprint density at radius 1 is 1.29 bits per heavy atom. The zero-order valence-electron chi connectivity index (χ0n) is 9.64. The summed E-state index contributed by atoms with van der Waals surface area (Å²) >= 11 is 4.63. The second kappa shape index (κ2) is 5.09. The molecule has 1 saturated carbocycles. The minimum atomic E-state index is -0.146. The molecule has 1 fully saturated rings. The van der Waals surface area contributed by atoms with Crippen molar-refractivity contribution in [3.05, 3.63) is 0 Å². The van der Waals surface area contributed by atoms with Crippen LogP contribution in [0.3, 0.4) is 0 Å². The molecule has 0 atom stereocenters. The van der Waals surface area contributed by atoms with Gasteiger partial charge in [0, 0.05) is 6.42 Å². The number of hydrazone groups is 1. The molecule has 94 valence electrons. The molecule has 0 aliphatic heterocycles. The molecule has 0 aromatic carbocycles. The number of thiocarbonyl (C=S) groups is 1. The van der Waals surface area contributed by atoms with Crippen molar-refractivity contribution in [3.63, 3.8) is 0 Å². The highest BCUT2D eigenvalue weighted by Crippen LogP contribution is 2.31. The van der Waals surface area contributed by atoms with E-state index in [-0.39, 0.29) is 22.0 Å². The van der Waals surface area contributed by atoms with Crippen molar-refractivity contribution in [1.29, 1.82) is 0 Å². The zero-order valence-corrected chi connectivity index (χ0v) is 10.5. The average molecular weight is 257 g/mol. The normalized spacial score (nSPS) is 26.4. The molecule has 0 saturated heterocycles. The van der Waals surface area contributed by atoms with Crippen molar-refractivity contribution < 1.29 is 10.4 Å². The van der Waals surface area contributed by atoms with Gasteiger partial charge in [0.2, 0.25) is 0 Å². The fourth-order valence-corrected chi connectivity index (χ4v) is 1.76. The van der Waals surface area contributed by atoms with Crippen LogP contribution in [0.25, 0.3) is 0 Å². The predicted molar refractivity (Wildman–Crippen MR) is 68.8 cm³/mol. The van der Waals surface area contributed by atoms with Crippen LogP contribution in [-0.2, 0) is 0 Å². The molecule has 0 unspecified atom stereocenters. The summed E-state index contributed by atoms with van der Waals surface area (Å²) in [6.45, 7) is 3.98. The maximum atomic E-state index is 8.92. The average Bonchev–Trinajstić information content (AvgIpc) is 2.24. The molecule has 0 heterocycles. The minimum Gasteiger partial charge on any atom is -0.411 e. The highest BCUT2D eigenvalue weighted by molar-refractivity contribution is 7.80. The molecule has 7 nitrogen and oxygen atoms in total. The second-order valence-corrected chi connectivity index (χ2v) is 4.99. The Morgan fingerprint density at radius 2 is 1.88 bits per heavy atom. The van der Waals surface area contributed by atoms with Crippen molar-refractivity contribution in [3.8, 4) is 0 Å². The van der Waals surface area contributed by atoms with Gasteiger partial charge in [-0.25, -0.2) is 0 Å². The van der Waals surface area contributed by atoms with E-state index in [0.29, 0.717) is 18.6 Å². The monoisotopic (exact) mass is 257 g/mol. The summed E-state index contributed by atoms with van der Waals surface area (Å²) in [6, 6.07) is 0. The zero-order chi connectivity index (χ0) is 13.1. The van der Waals surface area contributed by atoms with Crippen molar-refractivity contribution in [1.82, 2.24) is 5.43 Å². The first-order valence-corrected chi connectivity index (χ1v) is 5.36. The van der Waals surface area contributed by atoms with E-state index in [1.165, 1.54) is 0 Å². The fourth-order valence-electron chi connectivity index (χ4n) is 1.72. The SMILES string of the molecule is CC1(C)CC(=N/O)/C(=N/O)C(=N\NC(N)=S)/C1. The molecule has 5 N–H and O–H groups in total. The third-order valence-corrected chi connectivity index (χ3v) is 2.45. The molecule has 0 spiro atoms. The molecule has 8 heteroatoms. The summed E-state index contributed by atoms with van der Waals surface area (Å²) in [5.74, 6) is 0. The predicted octanol–water partition coefficient (Wildman–Crippen LogP) is 0.656. The van der Waals surface area contributed by atoms with Gasteiger partial charge in [0.25, 0.3) is 0 Å². The van der Waals surface area contributed by atoms with Gasteiger partial charge < -0.3 is 16.1 Å². The van der Waals surface area contributed by atoms with Crippen LogP contribution in [0.4, 0.5) is 0 Å². The molecule has 0 aromatic rings. The Balaban J connectivity index is 3.08. The van der Waals surface area contributed by atoms with Gasteiger partial charge >= 0.3 is 0 Å². The Hall–Kier alpha value is -1.70. The van der Waals surface area contributed by atoms with Crippen LogP contribution in [0, 0.1) is 5.41 Å². The third kappa shape index (κ3) is 3.38. The molecular formula is C9H15N5O2S. The van der Waals surface area contributed by atoms with Crippen LogP contribution in [-0.4, -0.2) is 32.7 Å². The van der Waals surface area contributed by atoms with E-state index in [1.807, 2.05) is 13.8 Å². The summed E-state index contributed by atoms with van der Waals surface area (Å²) in [6.07, 6.45) is 1.05. The van der Waals surface area contributed by atoms with Crippen LogP contribution in [0.2, 0.25) is 0 Å². The summed E-state index contributed by atoms with van der Waals surface area (Å²) < 4.78 is 0. The van der Waals surface area contributed by atoms with Gasteiger partial charge in [-0.1, -0.05) is 24.2 Å². The lowest BCUT2D eigenvalue weighted by atomic mass is 9.74. The van der Waals surface area contributed by atoms with E-state index in [9.17, 15) is 0 Å². The van der Waals surface area contributed by atoms with Gasteiger partial charge in [-0.3, -0.25) is 5.43 Å². The number of rotatable bonds is 1. The Morgan fingerprint density at radius 3 is 2.35 bits per heavy atom. The molecule has 17 heavy (non-hydrogen) atoms. The van der Waals surface area contributed by atoms with E-state index in [4.69, 9.17) is 16.1 Å². The molecule has 0 bridgehead atoms. The van der Waals surface area contributed by atoms with E-state index in [0.717, 1.165) is 0 Å². The Kier molecular flexibility index (Phi) is 4.00. The smallest absolute Gasteiger partial charge is 0.184 e. The first kappa shape index (κ1) is 13.4. The molecule has 1 rings (SSSR count). The van der Waals surface area contributed by atoms with Gasteiger partial charge in [-0.2, -0.15) is 5.10 Å². The van der Waals surface area contributed by atoms with Crippen molar-refractivity contribution >= 4 is 34.5 Å². The van der Waals surface area contributed by atoms with Crippen LogP contribution in [0.1, 0.15) is 26.7 Å². The van der Waals surface area contributed by atoms with Crippen LogP contribution < -0.4 is 11.2 Å². The number of nitrogens with one attached hydrogen (secondary N) is 1. The molecule has 0 aromatic heterocycles. The minimum absolute atomic E-state index is 0.0145. The second-order valence-electron chi connectivity index (χ2n) is 4.55. The lowest BCUT2D eigenvalue weighted by Crippen LogP contribution is -2.40.